The van der Waals surface area contributed by atoms with Gasteiger partial charge in [-0.1, -0.05) is 19.8 Å². The minimum Gasteiger partial charge on any atom is -0.304 e. The van der Waals surface area contributed by atoms with Crippen molar-refractivity contribution >= 4 is 11.6 Å². The molecule has 80 valence electrons. The quantitative estimate of drug-likeness (QED) is 0.433. The summed E-state index contributed by atoms with van der Waals surface area (Å²) in [4.78, 5) is 2.46. The number of hydrogen-bond donors (Lipinski definition) is 0. The Morgan fingerprint density at radius 2 is 1.92 bits per heavy atom. The van der Waals surface area contributed by atoms with Crippen LogP contribution in [0.1, 0.15) is 46.0 Å². The minimum absolute atomic E-state index is 0.737. The third-order valence-electron chi connectivity index (χ3n) is 2.60. The van der Waals surface area contributed by atoms with Crippen LogP contribution in [0.3, 0.4) is 0 Å². The van der Waals surface area contributed by atoms with Crippen molar-refractivity contribution in [2.24, 2.45) is 0 Å². The van der Waals surface area contributed by atoms with Gasteiger partial charge in [0.05, 0.1) is 0 Å². The molecule has 0 N–H and O–H groups in total. The van der Waals surface area contributed by atoms with Crippen molar-refractivity contribution in [2.75, 3.05) is 19.5 Å². The van der Waals surface area contributed by atoms with Gasteiger partial charge in [0.25, 0.3) is 0 Å². The van der Waals surface area contributed by atoms with Crippen LogP contribution in [-0.2, 0) is 0 Å². The highest BCUT2D eigenvalue weighted by Crippen LogP contribution is 2.06. The molecule has 0 amide bonds. The predicted octanol–water partition coefficient (Wildman–Crippen LogP) is 3.52. The molecule has 0 aromatic rings. The zero-order valence-corrected chi connectivity index (χ0v) is 10.1. The monoisotopic (exact) mass is 205 g/mol. The fraction of sp³-hybridized carbons (Fsp3) is 1.00. The molecule has 2 heteroatoms. The summed E-state index contributed by atoms with van der Waals surface area (Å²) in [6.07, 6.45) is 6.32. The molecule has 0 bridgehead atoms. The van der Waals surface area contributed by atoms with Gasteiger partial charge in [-0.05, 0) is 39.8 Å². The SMILES string of the molecule is CCCC(C)N(C)CCCCCCl. The second-order valence-corrected chi connectivity index (χ2v) is 4.25. The maximum atomic E-state index is 5.62. The first-order valence-electron chi connectivity index (χ1n) is 5.48. The number of rotatable bonds is 8. The molecule has 1 unspecified atom stereocenters. The van der Waals surface area contributed by atoms with Crippen LogP contribution in [-0.4, -0.2) is 30.4 Å². The number of halogens is 1. The molecule has 0 aliphatic heterocycles. The van der Waals surface area contributed by atoms with Crippen molar-refractivity contribution in [2.45, 2.75) is 52.0 Å². The first-order valence-corrected chi connectivity index (χ1v) is 6.02. The van der Waals surface area contributed by atoms with Crippen molar-refractivity contribution in [1.29, 1.82) is 0 Å². The molecular weight excluding hydrogens is 182 g/mol. The Bertz CT molecular complexity index is 106. The molecule has 0 rings (SSSR count). The van der Waals surface area contributed by atoms with Crippen LogP contribution in [0, 0.1) is 0 Å². The molecule has 0 fully saturated rings. The first kappa shape index (κ1) is 13.2. The molecule has 0 heterocycles. The average molecular weight is 206 g/mol. The fourth-order valence-electron chi connectivity index (χ4n) is 1.49. The summed E-state index contributed by atoms with van der Waals surface area (Å²) in [7, 11) is 2.22. The Hall–Kier alpha value is 0.250. The summed E-state index contributed by atoms with van der Waals surface area (Å²) in [5.41, 5.74) is 0. The van der Waals surface area contributed by atoms with Crippen LogP contribution in [0.25, 0.3) is 0 Å². The van der Waals surface area contributed by atoms with Crippen LogP contribution < -0.4 is 0 Å². The topological polar surface area (TPSA) is 3.24 Å². The van der Waals surface area contributed by atoms with Gasteiger partial charge in [0.15, 0.2) is 0 Å². The van der Waals surface area contributed by atoms with E-state index in [1.807, 2.05) is 0 Å². The van der Waals surface area contributed by atoms with Gasteiger partial charge in [-0.25, -0.2) is 0 Å². The lowest BCUT2D eigenvalue weighted by molar-refractivity contribution is 0.240. The van der Waals surface area contributed by atoms with E-state index in [1.54, 1.807) is 0 Å². The van der Waals surface area contributed by atoms with Gasteiger partial charge in [-0.2, -0.15) is 0 Å². The van der Waals surface area contributed by atoms with Crippen LogP contribution in [0.15, 0.2) is 0 Å². The summed E-state index contributed by atoms with van der Waals surface area (Å²) in [5.74, 6) is 0.814. The van der Waals surface area contributed by atoms with E-state index in [0.29, 0.717) is 0 Å². The minimum atomic E-state index is 0.737. The van der Waals surface area contributed by atoms with Gasteiger partial charge >= 0.3 is 0 Å². The van der Waals surface area contributed by atoms with Gasteiger partial charge in [0, 0.05) is 11.9 Å². The lowest BCUT2D eigenvalue weighted by atomic mass is 10.1. The van der Waals surface area contributed by atoms with E-state index >= 15 is 0 Å². The van der Waals surface area contributed by atoms with Gasteiger partial charge in [-0.15, -0.1) is 11.6 Å². The Morgan fingerprint density at radius 3 is 2.46 bits per heavy atom. The molecule has 0 aromatic heterocycles. The maximum absolute atomic E-state index is 5.62. The summed E-state index contributed by atoms with van der Waals surface area (Å²) in [5, 5.41) is 0. The average Bonchev–Trinajstić information content (AvgIpc) is 2.12. The van der Waals surface area contributed by atoms with Crippen molar-refractivity contribution < 1.29 is 0 Å². The normalized spacial score (nSPS) is 13.6. The zero-order valence-electron chi connectivity index (χ0n) is 9.35. The van der Waals surface area contributed by atoms with Gasteiger partial charge in [0.2, 0.25) is 0 Å². The third kappa shape index (κ3) is 7.33. The van der Waals surface area contributed by atoms with Crippen molar-refractivity contribution in [3.63, 3.8) is 0 Å². The number of hydrogen-bond acceptors (Lipinski definition) is 1. The smallest absolute Gasteiger partial charge is 0.0223 e. The Labute approximate surface area is 88.5 Å². The van der Waals surface area contributed by atoms with E-state index < -0.39 is 0 Å². The summed E-state index contributed by atoms with van der Waals surface area (Å²) in [6, 6.07) is 0.737. The molecule has 0 saturated carbocycles. The van der Waals surface area contributed by atoms with Crippen molar-refractivity contribution in [3.8, 4) is 0 Å². The van der Waals surface area contributed by atoms with Crippen LogP contribution >= 0.6 is 11.6 Å². The summed E-state index contributed by atoms with van der Waals surface area (Å²) < 4.78 is 0. The molecule has 1 atom stereocenters. The standard InChI is InChI=1S/C11H24ClN/c1-4-8-11(2)13(3)10-7-5-6-9-12/h11H,4-10H2,1-3H3. The van der Waals surface area contributed by atoms with Gasteiger partial charge in [-0.3, -0.25) is 0 Å². The largest absolute Gasteiger partial charge is 0.304 e. The van der Waals surface area contributed by atoms with E-state index in [1.165, 1.54) is 32.2 Å². The zero-order chi connectivity index (χ0) is 10.1. The molecular formula is C11H24ClN. The third-order valence-corrected chi connectivity index (χ3v) is 2.87. The highest BCUT2D eigenvalue weighted by Gasteiger charge is 2.06. The second kappa shape index (κ2) is 8.83. The first-order chi connectivity index (χ1) is 6.22. The molecule has 13 heavy (non-hydrogen) atoms. The Kier molecular flexibility index (Phi) is 9.00. The Balaban J connectivity index is 3.32. The highest BCUT2D eigenvalue weighted by molar-refractivity contribution is 6.17. The van der Waals surface area contributed by atoms with Crippen LogP contribution in [0.5, 0.6) is 0 Å². The maximum Gasteiger partial charge on any atom is 0.0223 e. The number of nitrogens with zero attached hydrogens (tertiary/aromatic N) is 1. The lowest BCUT2D eigenvalue weighted by Crippen LogP contribution is -2.29. The molecule has 0 aliphatic rings. The van der Waals surface area contributed by atoms with Crippen molar-refractivity contribution in [3.05, 3.63) is 0 Å². The molecule has 1 nitrogen and oxygen atoms in total. The number of unbranched alkanes of at least 4 members (excludes halogenated alkanes) is 2. The molecule has 0 aromatic carbocycles. The lowest BCUT2D eigenvalue weighted by Gasteiger charge is -2.24. The fourth-order valence-corrected chi connectivity index (χ4v) is 1.68. The molecule has 0 aliphatic carbocycles. The van der Waals surface area contributed by atoms with Crippen LogP contribution in [0.4, 0.5) is 0 Å². The van der Waals surface area contributed by atoms with E-state index in [2.05, 4.69) is 25.8 Å². The molecule has 0 saturated heterocycles. The number of alkyl halides is 1. The van der Waals surface area contributed by atoms with E-state index in [0.717, 1.165) is 18.3 Å². The van der Waals surface area contributed by atoms with E-state index in [9.17, 15) is 0 Å². The van der Waals surface area contributed by atoms with E-state index in [4.69, 9.17) is 11.6 Å². The summed E-state index contributed by atoms with van der Waals surface area (Å²) in [6.45, 7) is 5.78. The van der Waals surface area contributed by atoms with Crippen LogP contribution in [0.2, 0.25) is 0 Å². The summed E-state index contributed by atoms with van der Waals surface area (Å²) >= 11 is 5.62. The molecule has 0 radical (unpaired) electrons. The predicted molar refractivity (Wildman–Crippen MR) is 61.6 cm³/mol. The van der Waals surface area contributed by atoms with Crippen molar-refractivity contribution in [1.82, 2.24) is 4.90 Å². The second-order valence-electron chi connectivity index (χ2n) is 3.87. The Morgan fingerprint density at radius 1 is 1.23 bits per heavy atom. The highest BCUT2D eigenvalue weighted by atomic mass is 35.5. The van der Waals surface area contributed by atoms with E-state index in [-0.39, 0.29) is 0 Å². The molecule has 0 spiro atoms. The van der Waals surface area contributed by atoms with Gasteiger partial charge < -0.3 is 4.90 Å². The van der Waals surface area contributed by atoms with Gasteiger partial charge in [0.1, 0.15) is 0 Å².